The Kier molecular flexibility index (Phi) is 4.67. The summed E-state index contributed by atoms with van der Waals surface area (Å²) in [5, 5.41) is 2.51. The van der Waals surface area contributed by atoms with Crippen LogP contribution in [0.15, 0.2) is 106 Å². The van der Waals surface area contributed by atoms with Crippen molar-refractivity contribution in [3.63, 3.8) is 0 Å². The second-order valence-electron chi connectivity index (χ2n) is 9.59. The maximum atomic E-state index is 6.72. The molecule has 6 aromatic rings. The molecule has 2 heterocycles. The highest BCUT2D eigenvalue weighted by atomic mass is 79.9. The molecule has 0 radical (unpaired) electrons. The van der Waals surface area contributed by atoms with Crippen LogP contribution in [-0.2, 0) is 5.41 Å². The van der Waals surface area contributed by atoms with E-state index in [0.717, 1.165) is 26.0 Å². The van der Waals surface area contributed by atoms with Crippen molar-refractivity contribution < 1.29 is 4.74 Å². The van der Waals surface area contributed by atoms with Gasteiger partial charge in [0.1, 0.15) is 11.5 Å². The molecule has 1 spiro atoms. The van der Waals surface area contributed by atoms with Crippen LogP contribution in [0.1, 0.15) is 33.4 Å². The van der Waals surface area contributed by atoms with E-state index in [0.29, 0.717) is 0 Å². The van der Waals surface area contributed by atoms with Crippen LogP contribution >= 0.6 is 43.2 Å². The van der Waals surface area contributed by atoms with Gasteiger partial charge in [-0.2, -0.15) is 0 Å². The largest absolute Gasteiger partial charge is 0.457 e. The van der Waals surface area contributed by atoms with E-state index < -0.39 is 5.41 Å². The fraction of sp³-hybridized carbons (Fsp3) is 0.0303. The Hall–Kier alpha value is -3.18. The first-order chi connectivity index (χ1) is 18.1. The van der Waals surface area contributed by atoms with Gasteiger partial charge in [-0.05, 0) is 70.8 Å². The van der Waals surface area contributed by atoms with Gasteiger partial charge >= 0.3 is 0 Å². The van der Waals surface area contributed by atoms with Gasteiger partial charge in [0, 0.05) is 40.2 Å². The monoisotopic (exact) mass is 620 g/mol. The van der Waals surface area contributed by atoms with E-state index in [4.69, 9.17) is 4.74 Å². The Morgan fingerprint density at radius 1 is 0.541 bits per heavy atom. The number of ether oxygens (including phenoxy) is 1. The highest BCUT2D eigenvalue weighted by Gasteiger charge is 2.48. The Morgan fingerprint density at radius 3 is 1.97 bits per heavy atom. The van der Waals surface area contributed by atoms with Crippen molar-refractivity contribution in [2.24, 2.45) is 0 Å². The van der Waals surface area contributed by atoms with Gasteiger partial charge in [0.15, 0.2) is 0 Å². The van der Waals surface area contributed by atoms with Crippen molar-refractivity contribution in [1.82, 2.24) is 0 Å². The minimum atomic E-state index is -0.559. The lowest BCUT2D eigenvalue weighted by Crippen LogP contribution is -2.35. The van der Waals surface area contributed by atoms with Crippen LogP contribution in [0.5, 0.6) is 11.5 Å². The lowest BCUT2D eigenvalue weighted by molar-refractivity contribution is 0.435. The molecule has 1 aliphatic heterocycles. The van der Waals surface area contributed by atoms with E-state index in [2.05, 4.69) is 141 Å². The maximum Gasteiger partial charge on any atom is 0.132 e. The topological polar surface area (TPSA) is 9.23 Å². The molecule has 1 nitrogen and oxygen atoms in total. The average Bonchev–Trinajstić information content (AvgIpc) is 3.21. The summed E-state index contributed by atoms with van der Waals surface area (Å²) >= 11 is 9.45. The van der Waals surface area contributed by atoms with Gasteiger partial charge in [-0.25, -0.2) is 0 Å². The zero-order valence-electron chi connectivity index (χ0n) is 19.5. The molecule has 8 rings (SSSR count). The summed E-state index contributed by atoms with van der Waals surface area (Å²) in [6.07, 6.45) is 4.50. The number of hydrogen-bond acceptors (Lipinski definition) is 2. The van der Waals surface area contributed by atoms with E-state index in [-0.39, 0.29) is 0 Å². The summed E-state index contributed by atoms with van der Waals surface area (Å²) < 4.78 is 11.4. The van der Waals surface area contributed by atoms with Crippen molar-refractivity contribution in [2.45, 2.75) is 5.41 Å². The quantitative estimate of drug-likeness (QED) is 0.164. The van der Waals surface area contributed by atoms with Gasteiger partial charge < -0.3 is 4.74 Å². The number of halogens is 2. The fourth-order valence-corrected chi connectivity index (χ4v) is 8.01. The molecule has 176 valence electrons. The van der Waals surface area contributed by atoms with Crippen molar-refractivity contribution in [1.29, 1.82) is 0 Å². The van der Waals surface area contributed by atoms with Crippen molar-refractivity contribution in [2.75, 3.05) is 0 Å². The first-order valence-corrected chi connectivity index (χ1v) is 14.5. The molecule has 0 atom stereocenters. The molecule has 4 heteroatoms. The molecule has 0 bridgehead atoms. The van der Waals surface area contributed by atoms with E-state index in [1.165, 1.54) is 48.0 Å². The molecular weight excluding hydrogens is 604 g/mol. The van der Waals surface area contributed by atoms with Crippen molar-refractivity contribution in [3.05, 3.63) is 139 Å². The van der Waals surface area contributed by atoms with Crippen LogP contribution in [0.2, 0.25) is 0 Å². The van der Waals surface area contributed by atoms with E-state index in [1.807, 2.05) is 11.3 Å². The molecule has 1 aliphatic carbocycles. The van der Waals surface area contributed by atoms with Gasteiger partial charge in [-0.1, -0.05) is 92.5 Å². The van der Waals surface area contributed by atoms with Crippen LogP contribution < -0.4 is 4.74 Å². The molecule has 0 amide bonds. The zero-order chi connectivity index (χ0) is 24.7. The molecule has 0 unspecified atom stereocenters. The number of benzene rings is 5. The van der Waals surface area contributed by atoms with Crippen LogP contribution in [0, 0.1) is 0 Å². The lowest BCUT2D eigenvalue weighted by Gasteiger charge is -2.42. The average molecular weight is 622 g/mol. The number of rotatable bonds is 0. The van der Waals surface area contributed by atoms with Crippen molar-refractivity contribution in [3.8, 4) is 11.5 Å². The summed E-state index contributed by atoms with van der Waals surface area (Å²) in [6.45, 7) is 0. The summed E-state index contributed by atoms with van der Waals surface area (Å²) in [4.78, 5) is 0. The van der Waals surface area contributed by atoms with Crippen LogP contribution in [0.25, 0.3) is 32.3 Å². The highest BCUT2D eigenvalue weighted by Crippen LogP contribution is 2.59. The van der Waals surface area contributed by atoms with Crippen LogP contribution in [0.3, 0.4) is 0 Å². The van der Waals surface area contributed by atoms with Gasteiger partial charge in [-0.15, -0.1) is 11.3 Å². The van der Waals surface area contributed by atoms with E-state index in [1.54, 1.807) is 0 Å². The van der Waals surface area contributed by atoms with Gasteiger partial charge in [-0.3, -0.25) is 0 Å². The smallest absolute Gasteiger partial charge is 0.132 e. The third-order valence-corrected chi connectivity index (χ3v) is 9.80. The first kappa shape index (κ1) is 21.9. The van der Waals surface area contributed by atoms with Crippen LogP contribution in [-0.4, -0.2) is 0 Å². The van der Waals surface area contributed by atoms with E-state index >= 15 is 0 Å². The fourth-order valence-electron chi connectivity index (χ4n) is 6.16. The molecule has 0 saturated heterocycles. The molecule has 0 saturated carbocycles. The van der Waals surface area contributed by atoms with Crippen LogP contribution in [0.4, 0.5) is 0 Å². The predicted octanol–water partition coefficient (Wildman–Crippen LogP) is 10.6. The van der Waals surface area contributed by atoms with Gasteiger partial charge in [0.2, 0.25) is 0 Å². The highest BCUT2D eigenvalue weighted by molar-refractivity contribution is 9.10. The minimum absolute atomic E-state index is 0.559. The summed E-state index contributed by atoms with van der Waals surface area (Å²) in [5.41, 5.74) is 6.66. The molecular formula is C33H18Br2OS. The normalized spacial score (nSPS) is 14.5. The van der Waals surface area contributed by atoms with Crippen molar-refractivity contribution >= 4 is 75.5 Å². The Balaban J connectivity index is 1.61. The molecule has 0 N–H and O–H groups in total. The SMILES string of the molecule is Brc1ccc2c(c1)C1(c3cc(Br)ccc3C=C2)c2ccccc2Oc2cc3c(cc21)sc1ccccc13. The predicted molar refractivity (Wildman–Crippen MR) is 162 cm³/mol. The Bertz CT molecular complexity index is 1890. The third-order valence-electron chi connectivity index (χ3n) is 7.68. The number of hydrogen-bond donors (Lipinski definition) is 0. The number of thiophene rings is 1. The Labute approximate surface area is 235 Å². The number of fused-ring (bicyclic) bond motifs is 11. The lowest BCUT2D eigenvalue weighted by atomic mass is 9.62. The Morgan fingerprint density at radius 2 is 1.22 bits per heavy atom. The molecule has 0 fully saturated rings. The van der Waals surface area contributed by atoms with Gasteiger partial charge in [0.25, 0.3) is 0 Å². The second kappa shape index (κ2) is 7.91. The summed E-state index contributed by atoms with van der Waals surface area (Å²) in [5.74, 6) is 1.81. The third kappa shape index (κ3) is 3.01. The summed E-state index contributed by atoms with van der Waals surface area (Å²) in [7, 11) is 0. The minimum Gasteiger partial charge on any atom is -0.457 e. The number of para-hydroxylation sites is 1. The molecule has 2 aliphatic rings. The molecule has 1 aromatic heterocycles. The zero-order valence-corrected chi connectivity index (χ0v) is 23.5. The second-order valence-corrected chi connectivity index (χ2v) is 12.5. The maximum absolute atomic E-state index is 6.72. The standard InChI is InChI=1S/C33H18Br2OS/c34-21-13-11-19-9-10-20-12-14-22(35)16-27(20)33(26(19)15-21)25-6-2-3-7-29(25)36-30-17-24-23-5-1-4-8-31(23)37-32(24)18-28(30)33/h1-18H. The molecule has 37 heavy (non-hydrogen) atoms. The van der Waals surface area contributed by atoms with Gasteiger partial charge in [0.05, 0.1) is 5.41 Å². The van der Waals surface area contributed by atoms with E-state index in [9.17, 15) is 0 Å². The summed E-state index contributed by atoms with van der Waals surface area (Å²) in [6, 6.07) is 35.1. The molecule has 5 aromatic carbocycles. The first-order valence-electron chi connectivity index (χ1n) is 12.1.